The zero-order chi connectivity index (χ0) is 20.6. The molecular formula is C22H24N2O4S. The van der Waals surface area contributed by atoms with Gasteiger partial charge in [0.1, 0.15) is 12.5 Å². The van der Waals surface area contributed by atoms with E-state index in [1.54, 1.807) is 18.6 Å². The lowest BCUT2D eigenvalue weighted by Gasteiger charge is -2.19. The van der Waals surface area contributed by atoms with E-state index in [9.17, 15) is 8.42 Å². The molecule has 1 aromatic carbocycles. The molecule has 152 valence electrons. The number of ether oxygens (including phenoxy) is 2. The summed E-state index contributed by atoms with van der Waals surface area (Å²) >= 11 is 0. The van der Waals surface area contributed by atoms with Crippen LogP contribution < -0.4 is 4.72 Å². The van der Waals surface area contributed by atoms with Crippen molar-refractivity contribution in [2.75, 3.05) is 11.0 Å². The van der Waals surface area contributed by atoms with Crippen molar-refractivity contribution in [3.63, 3.8) is 0 Å². The van der Waals surface area contributed by atoms with Crippen molar-refractivity contribution in [2.24, 2.45) is 0 Å². The van der Waals surface area contributed by atoms with Crippen LogP contribution in [0.25, 0.3) is 16.7 Å². The fraction of sp³-hybridized carbons (Fsp3) is 0.273. The molecule has 2 heterocycles. The first-order chi connectivity index (χ1) is 13.8. The van der Waals surface area contributed by atoms with Gasteiger partial charge >= 0.3 is 0 Å². The van der Waals surface area contributed by atoms with Gasteiger partial charge in [-0.25, -0.2) is 8.42 Å². The molecule has 0 saturated carbocycles. The third-order valence-electron chi connectivity index (χ3n) is 4.86. The molecule has 2 aliphatic rings. The molecule has 0 saturated heterocycles. The van der Waals surface area contributed by atoms with Gasteiger partial charge in [0.15, 0.2) is 11.5 Å². The van der Waals surface area contributed by atoms with Gasteiger partial charge in [-0.3, -0.25) is 4.72 Å². The van der Waals surface area contributed by atoms with Crippen molar-refractivity contribution < 1.29 is 17.9 Å². The Morgan fingerprint density at radius 1 is 1.17 bits per heavy atom. The van der Waals surface area contributed by atoms with Crippen LogP contribution in [0.2, 0.25) is 0 Å². The van der Waals surface area contributed by atoms with Gasteiger partial charge in [0.2, 0.25) is 10.0 Å². The molecule has 0 unspecified atom stereocenters. The number of aromatic nitrogens is 1. The Bertz CT molecular complexity index is 1180. The van der Waals surface area contributed by atoms with Gasteiger partial charge in [0.25, 0.3) is 0 Å². The van der Waals surface area contributed by atoms with Gasteiger partial charge in [-0.05, 0) is 50.5 Å². The number of benzene rings is 1. The molecule has 0 bridgehead atoms. The second-order valence-corrected chi connectivity index (χ2v) is 9.26. The fourth-order valence-corrected chi connectivity index (χ4v) is 4.10. The summed E-state index contributed by atoms with van der Waals surface area (Å²) in [6.07, 6.45) is 14.5. The van der Waals surface area contributed by atoms with Gasteiger partial charge in [-0.1, -0.05) is 18.2 Å². The summed E-state index contributed by atoms with van der Waals surface area (Å²) in [6.45, 7) is 4.16. The van der Waals surface area contributed by atoms with Crippen molar-refractivity contribution in [2.45, 2.75) is 32.7 Å². The molecule has 4 rings (SSSR count). The van der Waals surface area contributed by atoms with Crippen molar-refractivity contribution in [3.05, 3.63) is 72.0 Å². The van der Waals surface area contributed by atoms with Crippen molar-refractivity contribution >= 4 is 32.4 Å². The number of hydrogen-bond acceptors (Lipinski definition) is 4. The molecule has 0 atom stereocenters. The second-order valence-electron chi connectivity index (χ2n) is 7.51. The van der Waals surface area contributed by atoms with Gasteiger partial charge in [0.05, 0.1) is 17.5 Å². The first-order valence-electron chi connectivity index (χ1n) is 9.54. The van der Waals surface area contributed by atoms with E-state index in [2.05, 4.69) is 29.2 Å². The predicted octanol–water partition coefficient (Wildman–Crippen LogP) is 5.06. The van der Waals surface area contributed by atoms with Crippen molar-refractivity contribution in [1.82, 2.24) is 4.57 Å². The van der Waals surface area contributed by atoms with Crippen molar-refractivity contribution in [3.8, 4) is 0 Å². The number of nitrogens with one attached hydrogen (secondary N) is 1. The summed E-state index contributed by atoms with van der Waals surface area (Å²) in [5, 5.41) is 0.964. The molecule has 29 heavy (non-hydrogen) atoms. The molecule has 1 N–H and O–H groups in total. The van der Waals surface area contributed by atoms with E-state index in [-0.39, 0.29) is 6.04 Å². The van der Waals surface area contributed by atoms with Gasteiger partial charge < -0.3 is 14.0 Å². The smallest absolute Gasteiger partial charge is 0.229 e. The molecule has 1 aliphatic carbocycles. The maximum absolute atomic E-state index is 11.6. The van der Waals surface area contributed by atoms with Crippen LogP contribution in [0.5, 0.6) is 0 Å². The lowest BCUT2D eigenvalue weighted by molar-refractivity contribution is 0.285. The van der Waals surface area contributed by atoms with Gasteiger partial charge in [-0.2, -0.15) is 0 Å². The third-order valence-corrected chi connectivity index (χ3v) is 5.47. The van der Waals surface area contributed by atoms with E-state index < -0.39 is 10.0 Å². The number of sulfonamides is 1. The number of rotatable bonds is 5. The lowest BCUT2D eigenvalue weighted by atomic mass is 10.0. The highest BCUT2D eigenvalue weighted by atomic mass is 32.2. The molecule has 6 nitrogen and oxygen atoms in total. The first kappa shape index (κ1) is 19.4. The van der Waals surface area contributed by atoms with Crippen LogP contribution >= 0.6 is 0 Å². The second kappa shape index (κ2) is 7.48. The van der Waals surface area contributed by atoms with Crippen LogP contribution in [0.1, 0.15) is 38.3 Å². The largest absolute Gasteiger partial charge is 0.465 e. The lowest BCUT2D eigenvalue weighted by Crippen LogP contribution is -2.09. The molecule has 7 heteroatoms. The standard InChI is InChI=1S/C22H24N2O4S/c1-15(2)24-12-19(18-10-9-17(11-20(18)24)23-29(3,25)26)22-14-27-13-21(28-22)16-7-5-4-6-8-16/h4-5,7,9-15,23H,6,8H2,1-3H3. The normalized spacial score (nSPS) is 16.8. The third kappa shape index (κ3) is 4.10. The van der Waals surface area contributed by atoms with Crippen LogP contribution in [-0.4, -0.2) is 19.2 Å². The van der Waals surface area contributed by atoms with E-state index in [1.807, 2.05) is 30.5 Å². The van der Waals surface area contributed by atoms with E-state index in [0.29, 0.717) is 17.2 Å². The summed E-state index contributed by atoms with van der Waals surface area (Å²) in [4.78, 5) is 0. The minimum atomic E-state index is -3.35. The highest BCUT2D eigenvalue weighted by Gasteiger charge is 2.21. The summed E-state index contributed by atoms with van der Waals surface area (Å²) in [5.41, 5.74) is 3.45. The summed E-state index contributed by atoms with van der Waals surface area (Å²) in [5.74, 6) is 1.35. The Balaban J connectivity index is 1.73. The minimum absolute atomic E-state index is 0.186. The van der Waals surface area contributed by atoms with Crippen LogP contribution in [-0.2, 0) is 19.5 Å². The van der Waals surface area contributed by atoms with Crippen LogP contribution in [0, 0.1) is 0 Å². The Kier molecular flexibility index (Phi) is 5.00. The first-order valence-corrected chi connectivity index (χ1v) is 11.4. The number of nitrogens with zero attached hydrogens (tertiary/aromatic N) is 1. The number of fused-ring (bicyclic) bond motifs is 1. The molecule has 1 aliphatic heterocycles. The SMILES string of the molecule is CC(C)n1cc(C2=COC=C(C3=CC=CCC3)O2)c2ccc(NS(C)(=O)=O)cc21. The average Bonchev–Trinajstić information content (AvgIpc) is 3.07. The van der Waals surface area contributed by atoms with Crippen LogP contribution in [0.4, 0.5) is 5.69 Å². The molecule has 0 fully saturated rings. The summed E-state index contributed by atoms with van der Waals surface area (Å²) < 4.78 is 39.7. The summed E-state index contributed by atoms with van der Waals surface area (Å²) in [6, 6.07) is 5.69. The Morgan fingerprint density at radius 2 is 1.97 bits per heavy atom. The number of anilines is 1. The monoisotopic (exact) mass is 412 g/mol. The fourth-order valence-electron chi connectivity index (χ4n) is 3.54. The van der Waals surface area contributed by atoms with Crippen LogP contribution in [0.15, 0.2) is 66.5 Å². The Labute approximate surface area is 170 Å². The highest BCUT2D eigenvalue weighted by molar-refractivity contribution is 7.92. The number of allylic oxidation sites excluding steroid dienone is 4. The van der Waals surface area contributed by atoms with Gasteiger partial charge in [0, 0.05) is 23.2 Å². The zero-order valence-electron chi connectivity index (χ0n) is 16.7. The van der Waals surface area contributed by atoms with Crippen LogP contribution in [0.3, 0.4) is 0 Å². The number of hydrogen-bond donors (Lipinski definition) is 1. The van der Waals surface area contributed by atoms with Gasteiger partial charge in [-0.15, -0.1) is 0 Å². The maximum Gasteiger partial charge on any atom is 0.229 e. The Hall–Kier alpha value is -2.93. The zero-order valence-corrected chi connectivity index (χ0v) is 17.5. The molecule has 0 amide bonds. The van der Waals surface area contributed by atoms with E-state index in [4.69, 9.17) is 9.47 Å². The molecule has 0 radical (unpaired) electrons. The quantitative estimate of drug-likeness (QED) is 0.745. The minimum Gasteiger partial charge on any atom is -0.465 e. The molecule has 2 aromatic rings. The summed E-state index contributed by atoms with van der Waals surface area (Å²) in [7, 11) is -3.35. The van der Waals surface area contributed by atoms with E-state index in [1.165, 1.54) is 0 Å². The molecule has 1 aromatic heterocycles. The topological polar surface area (TPSA) is 69.6 Å². The molecular weight excluding hydrogens is 388 g/mol. The Morgan fingerprint density at radius 3 is 2.66 bits per heavy atom. The highest BCUT2D eigenvalue weighted by Crippen LogP contribution is 2.36. The average molecular weight is 413 g/mol. The maximum atomic E-state index is 11.6. The molecule has 0 spiro atoms. The van der Waals surface area contributed by atoms with Crippen molar-refractivity contribution in [1.29, 1.82) is 0 Å². The predicted molar refractivity (Wildman–Crippen MR) is 115 cm³/mol. The van der Waals surface area contributed by atoms with E-state index >= 15 is 0 Å². The van der Waals surface area contributed by atoms with E-state index in [0.717, 1.165) is 41.1 Å².